The molecule has 1 N–H and O–H groups in total. The number of hydrogen-bond acceptors (Lipinski definition) is 3. The van der Waals surface area contributed by atoms with E-state index in [1.165, 1.54) is 0 Å². The first kappa shape index (κ1) is 16.3. The summed E-state index contributed by atoms with van der Waals surface area (Å²) in [6.45, 7) is 4.91. The maximum absolute atomic E-state index is 12.0. The zero-order chi connectivity index (χ0) is 16.1. The van der Waals surface area contributed by atoms with Gasteiger partial charge in [0, 0.05) is 19.5 Å². The molecule has 5 nitrogen and oxygen atoms in total. The molecule has 2 rings (SSSR count). The van der Waals surface area contributed by atoms with Crippen molar-refractivity contribution in [1.29, 1.82) is 0 Å². The summed E-state index contributed by atoms with van der Waals surface area (Å²) < 4.78 is 5.59. The molecule has 1 aliphatic heterocycles. The molecule has 22 heavy (non-hydrogen) atoms. The first-order chi connectivity index (χ1) is 10.6. The van der Waals surface area contributed by atoms with Gasteiger partial charge in [0.15, 0.2) is 0 Å². The average molecular weight is 304 g/mol. The number of benzene rings is 1. The maximum atomic E-state index is 12.0. The number of carbonyl (C=O) groups excluding carboxylic acids is 2. The predicted octanol–water partition coefficient (Wildman–Crippen LogP) is 2.48. The summed E-state index contributed by atoms with van der Waals surface area (Å²) in [5, 5.41) is 2.97. The number of anilines is 1. The third-order valence-electron chi connectivity index (χ3n) is 4.16. The SMILES string of the molecule is CCC(CC)C(=O)NCc1ccc2c(c1)N(C)C(=O)CCO2. The Morgan fingerprint density at radius 1 is 1.36 bits per heavy atom. The van der Waals surface area contributed by atoms with E-state index >= 15 is 0 Å². The van der Waals surface area contributed by atoms with Crippen molar-refractivity contribution >= 4 is 17.5 Å². The van der Waals surface area contributed by atoms with Gasteiger partial charge in [-0.2, -0.15) is 0 Å². The summed E-state index contributed by atoms with van der Waals surface area (Å²) in [6.07, 6.45) is 2.07. The van der Waals surface area contributed by atoms with E-state index in [9.17, 15) is 9.59 Å². The molecule has 0 fully saturated rings. The summed E-state index contributed by atoms with van der Waals surface area (Å²) in [4.78, 5) is 25.6. The van der Waals surface area contributed by atoms with Crippen molar-refractivity contribution in [2.45, 2.75) is 39.7 Å². The zero-order valence-electron chi connectivity index (χ0n) is 13.5. The van der Waals surface area contributed by atoms with Crippen LogP contribution in [0.15, 0.2) is 18.2 Å². The van der Waals surface area contributed by atoms with E-state index in [0.29, 0.717) is 25.3 Å². The van der Waals surface area contributed by atoms with Crippen LogP contribution in [-0.4, -0.2) is 25.5 Å². The Morgan fingerprint density at radius 3 is 2.77 bits per heavy atom. The third-order valence-corrected chi connectivity index (χ3v) is 4.16. The van der Waals surface area contributed by atoms with Crippen LogP contribution in [0.3, 0.4) is 0 Å². The number of rotatable bonds is 5. The number of hydrogen-bond donors (Lipinski definition) is 1. The summed E-state index contributed by atoms with van der Waals surface area (Å²) in [7, 11) is 1.75. The molecule has 5 heteroatoms. The highest BCUT2D eigenvalue weighted by Gasteiger charge is 2.20. The Kier molecular flexibility index (Phi) is 5.41. The van der Waals surface area contributed by atoms with Gasteiger partial charge in [-0.15, -0.1) is 0 Å². The molecule has 0 saturated carbocycles. The standard InChI is InChI=1S/C17H24N2O3/c1-4-13(5-2)17(21)18-11-12-6-7-15-14(10-12)19(3)16(20)8-9-22-15/h6-7,10,13H,4-5,8-9,11H2,1-3H3,(H,18,21). The molecule has 0 bridgehead atoms. The second kappa shape index (κ2) is 7.29. The Balaban J connectivity index is 2.09. The van der Waals surface area contributed by atoms with E-state index in [-0.39, 0.29) is 17.7 Å². The summed E-state index contributed by atoms with van der Waals surface area (Å²) in [5.41, 5.74) is 1.72. The lowest BCUT2D eigenvalue weighted by atomic mass is 10.0. The third kappa shape index (κ3) is 3.59. The number of nitrogens with zero attached hydrogens (tertiary/aromatic N) is 1. The first-order valence-electron chi connectivity index (χ1n) is 7.86. The van der Waals surface area contributed by atoms with Crippen molar-refractivity contribution in [2.75, 3.05) is 18.6 Å². The Labute approximate surface area is 131 Å². The summed E-state index contributed by atoms with van der Waals surface area (Å²) in [6, 6.07) is 5.70. The lowest BCUT2D eigenvalue weighted by Crippen LogP contribution is -2.29. The Morgan fingerprint density at radius 2 is 2.09 bits per heavy atom. The second-order valence-corrected chi connectivity index (χ2v) is 5.58. The molecule has 0 aromatic heterocycles. The van der Waals surface area contributed by atoms with Crippen molar-refractivity contribution in [1.82, 2.24) is 5.32 Å². The first-order valence-corrected chi connectivity index (χ1v) is 7.86. The molecule has 0 spiro atoms. The highest BCUT2D eigenvalue weighted by Crippen LogP contribution is 2.31. The van der Waals surface area contributed by atoms with Crippen LogP contribution in [0.1, 0.15) is 38.7 Å². The number of ether oxygens (including phenoxy) is 1. The Bertz CT molecular complexity index is 553. The van der Waals surface area contributed by atoms with Gasteiger partial charge in [-0.25, -0.2) is 0 Å². The van der Waals surface area contributed by atoms with Crippen LogP contribution < -0.4 is 15.0 Å². The van der Waals surface area contributed by atoms with Crippen molar-refractivity contribution in [3.05, 3.63) is 23.8 Å². The minimum atomic E-state index is 0.0389. The lowest BCUT2D eigenvalue weighted by Gasteiger charge is -2.18. The molecule has 120 valence electrons. The highest BCUT2D eigenvalue weighted by molar-refractivity contribution is 5.95. The van der Waals surface area contributed by atoms with Gasteiger partial charge in [-0.3, -0.25) is 9.59 Å². The van der Waals surface area contributed by atoms with Gasteiger partial charge in [0.1, 0.15) is 5.75 Å². The van der Waals surface area contributed by atoms with Gasteiger partial charge >= 0.3 is 0 Å². The van der Waals surface area contributed by atoms with Crippen molar-refractivity contribution in [3.8, 4) is 5.75 Å². The second-order valence-electron chi connectivity index (χ2n) is 5.58. The van der Waals surface area contributed by atoms with E-state index in [1.54, 1.807) is 11.9 Å². The molecule has 1 aromatic carbocycles. The van der Waals surface area contributed by atoms with Crippen LogP contribution in [-0.2, 0) is 16.1 Å². The number of nitrogens with one attached hydrogen (secondary N) is 1. The quantitative estimate of drug-likeness (QED) is 0.909. The lowest BCUT2D eigenvalue weighted by molar-refractivity contribution is -0.125. The van der Waals surface area contributed by atoms with Gasteiger partial charge < -0.3 is 15.0 Å². The monoisotopic (exact) mass is 304 g/mol. The van der Waals surface area contributed by atoms with Gasteiger partial charge in [-0.1, -0.05) is 19.9 Å². The van der Waals surface area contributed by atoms with E-state index in [4.69, 9.17) is 4.74 Å². The van der Waals surface area contributed by atoms with Crippen LogP contribution in [0, 0.1) is 5.92 Å². The molecule has 1 heterocycles. The van der Waals surface area contributed by atoms with E-state index in [1.807, 2.05) is 32.0 Å². The predicted molar refractivity (Wildman–Crippen MR) is 85.9 cm³/mol. The van der Waals surface area contributed by atoms with Crippen LogP contribution in [0.2, 0.25) is 0 Å². The van der Waals surface area contributed by atoms with Crippen molar-refractivity contribution < 1.29 is 14.3 Å². The van der Waals surface area contributed by atoms with Crippen LogP contribution >= 0.6 is 0 Å². The minimum Gasteiger partial charge on any atom is -0.491 e. The average Bonchev–Trinajstić information content (AvgIpc) is 2.66. The largest absolute Gasteiger partial charge is 0.491 e. The summed E-state index contributed by atoms with van der Waals surface area (Å²) in [5.74, 6) is 0.898. The molecular formula is C17H24N2O3. The molecule has 0 saturated heterocycles. The molecule has 0 unspecified atom stereocenters. The van der Waals surface area contributed by atoms with Crippen LogP contribution in [0.5, 0.6) is 5.75 Å². The van der Waals surface area contributed by atoms with Gasteiger partial charge in [0.05, 0.1) is 18.7 Å². The molecular weight excluding hydrogens is 280 g/mol. The summed E-state index contributed by atoms with van der Waals surface area (Å²) >= 11 is 0. The normalized spacial score (nSPS) is 14.4. The van der Waals surface area contributed by atoms with Crippen LogP contribution in [0.4, 0.5) is 5.69 Å². The smallest absolute Gasteiger partial charge is 0.230 e. The number of amides is 2. The van der Waals surface area contributed by atoms with Gasteiger partial charge in [0.25, 0.3) is 0 Å². The Hall–Kier alpha value is -2.04. The fourth-order valence-corrected chi connectivity index (χ4v) is 2.60. The molecule has 0 atom stereocenters. The molecule has 0 aliphatic carbocycles. The van der Waals surface area contributed by atoms with Crippen LogP contribution in [0.25, 0.3) is 0 Å². The zero-order valence-corrected chi connectivity index (χ0v) is 13.5. The fraction of sp³-hybridized carbons (Fsp3) is 0.529. The number of carbonyl (C=O) groups is 2. The minimum absolute atomic E-state index is 0.0389. The van der Waals surface area contributed by atoms with E-state index in [2.05, 4.69) is 5.32 Å². The molecule has 1 aromatic rings. The highest BCUT2D eigenvalue weighted by atomic mass is 16.5. The molecule has 1 aliphatic rings. The van der Waals surface area contributed by atoms with E-state index < -0.39 is 0 Å². The fourth-order valence-electron chi connectivity index (χ4n) is 2.60. The number of fused-ring (bicyclic) bond motifs is 1. The van der Waals surface area contributed by atoms with Gasteiger partial charge in [-0.05, 0) is 30.5 Å². The topological polar surface area (TPSA) is 58.6 Å². The van der Waals surface area contributed by atoms with E-state index in [0.717, 1.165) is 24.1 Å². The van der Waals surface area contributed by atoms with Crippen molar-refractivity contribution in [2.24, 2.45) is 5.92 Å². The maximum Gasteiger partial charge on any atom is 0.230 e. The molecule has 2 amide bonds. The molecule has 0 radical (unpaired) electrons. The van der Waals surface area contributed by atoms with Crippen molar-refractivity contribution in [3.63, 3.8) is 0 Å². The van der Waals surface area contributed by atoms with Gasteiger partial charge in [0.2, 0.25) is 11.8 Å².